The van der Waals surface area contributed by atoms with Gasteiger partial charge in [0.2, 0.25) is 59.6 Å². The quantitative estimate of drug-likeness (QED) is 0.0301. The highest BCUT2D eigenvalue weighted by Crippen LogP contribution is 2.26. The van der Waals surface area contributed by atoms with Gasteiger partial charge < -0.3 is 57.2 Å². The lowest BCUT2D eigenvalue weighted by atomic mass is 9.96. The van der Waals surface area contributed by atoms with Crippen LogP contribution in [-0.2, 0) is 47.9 Å². The van der Waals surface area contributed by atoms with Gasteiger partial charge in [0.25, 0.3) is 0 Å². The van der Waals surface area contributed by atoms with Crippen LogP contribution in [0.4, 0.5) is 0 Å². The number of nitrogens with one attached hydrogen (secondary N) is 8. The van der Waals surface area contributed by atoms with Gasteiger partial charge in [-0.2, -0.15) is 0 Å². The van der Waals surface area contributed by atoms with Crippen molar-refractivity contribution in [3.63, 3.8) is 0 Å². The van der Waals surface area contributed by atoms with Crippen molar-refractivity contribution in [2.45, 2.75) is 259 Å². The van der Waals surface area contributed by atoms with Crippen LogP contribution in [0.5, 0.6) is 0 Å². The molecule has 0 spiro atoms. The molecule has 0 bridgehead atoms. The fourth-order valence-electron chi connectivity index (χ4n) is 9.52. The summed E-state index contributed by atoms with van der Waals surface area (Å²) in [6.45, 7) is 26.2. The molecule has 1 saturated heterocycles. The van der Waals surface area contributed by atoms with Crippen LogP contribution in [0.1, 0.15) is 213 Å². The normalized spacial score (nSPS) is 15.4. The van der Waals surface area contributed by atoms with Crippen LogP contribution in [0.3, 0.4) is 0 Å². The molecule has 80 heavy (non-hydrogen) atoms. The minimum absolute atomic E-state index is 0.0470. The van der Waals surface area contributed by atoms with E-state index in [0.717, 1.165) is 64.3 Å². The van der Waals surface area contributed by atoms with Gasteiger partial charge in [0.15, 0.2) is 0 Å². The second-order valence-corrected chi connectivity index (χ2v) is 25.1. The fourth-order valence-corrected chi connectivity index (χ4v) is 9.52. The Hall–Kier alpha value is -5.34. The molecule has 0 unspecified atom stereocenters. The highest BCUT2D eigenvalue weighted by Gasteiger charge is 2.42. The first-order valence-electron chi connectivity index (χ1n) is 29.9. The smallest absolute Gasteiger partial charge is 0.246 e. The van der Waals surface area contributed by atoms with E-state index in [0.29, 0.717) is 51.6 Å². The third kappa shape index (κ3) is 27.0. The van der Waals surface area contributed by atoms with Gasteiger partial charge in [0.05, 0.1) is 0 Å². The van der Waals surface area contributed by atoms with E-state index in [1.54, 1.807) is 4.90 Å². The van der Waals surface area contributed by atoms with E-state index < -0.39 is 88.3 Å². The number of amides is 10. The Morgan fingerprint density at radius 2 is 1.04 bits per heavy atom. The number of rotatable bonds is 40. The van der Waals surface area contributed by atoms with Crippen molar-refractivity contribution in [2.24, 2.45) is 17.8 Å². The number of carbonyl (C=O) groups is 10. The second-order valence-electron chi connectivity index (χ2n) is 25.1. The summed E-state index contributed by atoms with van der Waals surface area (Å²) in [5, 5.41) is 22.3. The summed E-state index contributed by atoms with van der Waals surface area (Å²) in [4.78, 5) is 142. The zero-order valence-electron chi connectivity index (χ0n) is 52.2. The molecule has 1 heterocycles. The third-order valence-corrected chi connectivity index (χ3v) is 14.2. The molecule has 0 radical (unpaired) electrons. The summed E-state index contributed by atoms with van der Waals surface area (Å²) in [6, 6.07) is -4.39. The van der Waals surface area contributed by atoms with Crippen LogP contribution in [-0.4, -0.2) is 161 Å². The van der Waals surface area contributed by atoms with Gasteiger partial charge in [0.1, 0.15) is 46.9 Å². The fraction of sp³-hybridized carbons (Fsp3) is 0.831. The van der Waals surface area contributed by atoms with Crippen LogP contribution >= 0.6 is 0 Å². The lowest BCUT2D eigenvalue weighted by molar-refractivity contribution is -0.146. The topological polar surface area (TPSA) is 277 Å². The molecule has 1 aliphatic heterocycles. The van der Waals surface area contributed by atoms with Crippen LogP contribution in [0, 0.1) is 17.8 Å². The molecule has 1 aliphatic rings. The van der Waals surface area contributed by atoms with Crippen molar-refractivity contribution in [1.82, 2.24) is 57.2 Å². The molecule has 0 aromatic heterocycles. The molecule has 8 N–H and O–H groups in total. The lowest BCUT2D eigenvalue weighted by Crippen LogP contribution is -2.65. The van der Waals surface area contributed by atoms with Gasteiger partial charge in [-0.3, -0.25) is 47.9 Å². The summed E-state index contributed by atoms with van der Waals surface area (Å²) >= 11 is 0. The van der Waals surface area contributed by atoms with Crippen molar-refractivity contribution in [2.75, 3.05) is 40.3 Å². The summed E-state index contributed by atoms with van der Waals surface area (Å²) in [6.07, 6.45) is 11.7. The maximum absolute atomic E-state index is 14.6. The van der Waals surface area contributed by atoms with Gasteiger partial charge in [-0.05, 0) is 131 Å². The van der Waals surface area contributed by atoms with Crippen molar-refractivity contribution < 1.29 is 47.9 Å². The van der Waals surface area contributed by atoms with Crippen molar-refractivity contribution in [3.8, 4) is 0 Å². The van der Waals surface area contributed by atoms with Gasteiger partial charge in [0, 0.05) is 32.5 Å². The van der Waals surface area contributed by atoms with Crippen molar-refractivity contribution >= 4 is 59.6 Å². The Morgan fingerprint density at radius 3 is 1.56 bits per heavy atom. The Labute approximate surface area is 480 Å². The van der Waals surface area contributed by atoms with Crippen LogP contribution in [0.25, 0.3) is 0 Å². The SMILES string of the molecule is CCCCCCCC[C@@H](C(=O)N[C@@H](CC(C)C)C(=O)NC(C)(C)C(=O)N[C@@H](CC(C)C)C(=O)N[C@@H](CC(C)C)C(=O)NC(C)(C)C(=O)NC(C)(C)C(=O)NCCC(=O)NCCCN(C)C)N(C=O)[C@@H]1CCCN1C(=O)CCCCC. The van der Waals surface area contributed by atoms with Crippen molar-refractivity contribution in [3.05, 3.63) is 0 Å². The standard InChI is InChI=1S/C59H109N11O10/c1-17-19-21-22-23-25-28-46(70(39-71)48-29-26-35-69(48)49(73)30-24-20-18-2)53(77)63-45(38-42(7)8)52(76)65-58(11,12)55(79)64-43(36-40(3)4)50(74)62-44(37-41(5)6)51(75)66-59(13,14)56(80)67-57(9,10)54(78)61-33-31-47(72)60-32-27-34-68(15)16/h39-46,48H,17-38H2,1-16H3,(H,60,72)(H,61,78)(H,62,74)(H,63,77)(H,64,79)(H,65,76)(H,66,75)(H,67,80)/t43-,44-,45-,46-,48+/m0/s1. The first-order chi connectivity index (χ1) is 37.3. The van der Waals surface area contributed by atoms with E-state index in [9.17, 15) is 47.9 Å². The number of hydrogen-bond acceptors (Lipinski definition) is 11. The largest absolute Gasteiger partial charge is 0.356 e. The highest BCUT2D eigenvalue weighted by molar-refractivity contribution is 5.99. The minimum Gasteiger partial charge on any atom is -0.356 e. The first-order valence-corrected chi connectivity index (χ1v) is 29.9. The molecule has 460 valence electrons. The average Bonchev–Trinajstić information content (AvgIpc) is 3.84. The van der Waals surface area contributed by atoms with Gasteiger partial charge in [-0.25, -0.2) is 0 Å². The lowest BCUT2D eigenvalue weighted by Gasteiger charge is -2.38. The Morgan fingerprint density at radius 1 is 0.550 bits per heavy atom. The highest BCUT2D eigenvalue weighted by atomic mass is 16.2. The second kappa shape index (κ2) is 36.2. The number of carbonyl (C=O) groups excluding carboxylic acids is 10. The van der Waals surface area contributed by atoms with E-state index in [1.807, 2.05) is 60.5 Å². The number of hydrogen-bond donors (Lipinski definition) is 8. The molecule has 0 aliphatic carbocycles. The summed E-state index contributed by atoms with van der Waals surface area (Å²) < 4.78 is 0. The maximum Gasteiger partial charge on any atom is 0.246 e. The predicted octanol–water partition coefficient (Wildman–Crippen LogP) is 4.94. The summed E-state index contributed by atoms with van der Waals surface area (Å²) in [7, 11) is 3.89. The molecule has 10 amide bonds. The first kappa shape index (κ1) is 72.7. The number of nitrogens with zero attached hydrogens (tertiary/aromatic N) is 3. The van der Waals surface area contributed by atoms with Crippen LogP contribution in [0.15, 0.2) is 0 Å². The van der Waals surface area contributed by atoms with E-state index in [-0.39, 0.29) is 61.8 Å². The maximum atomic E-state index is 14.6. The van der Waals surface area contributed by atoms with Crippen LogP contribution < -0.4 is 42.5 Å². The van der Waals surface area contributed by atoms with E-state index >= 15 is 0 Å². The number of unbranched alkanes of at least 4 members (excludes halogenated alkanes) is 7. The molecule has 0 aromatic carbocycles. The molecule has 0 aromatic rings. The average molecular weight is 1130 g/mol. The monoisotopic (exact) mass is 1130 g/mol. The van der Waals surface area contributed by atoms with Gasteiger partial charge >= 0.3 is 0 Å². The van der Waals surface area contributed by atoms with Gasteiger partial charge in [-0.1, -0.05) is 107 Å². The predicted molar refractivity (Wildman–Crippen MR) is 313 cm³/mol. The summed E-state index contributed by atoms with van der Waals surface area (Å²) in [5.41, 5.74) is -4.64. The summed E-state index contributed by atoms with van der Waals surface area (Å²) in [5.74, 6) is -4.99. The molecular formula is C59H109N11O10. The van der Waals surface area contributed by atoms with Crippen molar-refractivity contribution in [1.29, 1.82) is 0 Å². The molecule has 1 fully saturated rings. The zero-order chi connectivity index (χ0) is 61.0. The van der Waals surface area contributed by atoms with E-state index in [4.69, 9.17) is 0 Å². The molecular weight excluding hydrogens is 1020 g/mol. The zero-order valence-corrected chi connectivity index (χ0v) is 52.2. The van der Waals surface area contributed by atoms with E-state index in [2.05, 4.69) is 56.4 Å². The Kier molecular flexibility index (Phi) is 32.9. The molecule has 21 nitrogen and oxygen atoms in total. The van der Waals surface area contributed by atoms with Crippen LogP contribution in [0.2, 0.25) is 0 Å². The minimum atomic E-state index is -1.63. The molecule has 5 atom stereocenters. The van der Waals surface area contributed by atoms with Gasteiger partial charge in [-0.15, -0.1) is 0 Å². The molecule has 0 saturated carbocycles. The third-order valence-electron chi connectivity index (χ3n) is 14.2. The number of likely N-dealkylation sites (tertiary alicyclic amines) is 1. The molecule has 21 heteroatoms. The Bertz CT molecular complexity index is 1990. The Balaban J connectivity index is 3.29. The van der Waals surface area contributed by atoms with E-state index in [1.165, 1.54) is 46.4 Å². The molecule has 1 rings (SSSR count).